The Bertz CT molecular complexity index is 202. The maximum atomic E-state index is 12.4. The molecule has 0 aromatic carbocycles. The van der Waals surface area contributed by atoms with Crippen molar-refractivity contribution in [2.24, 2.45) is 5.92 Å². The first kappa shape index (κ1) is 15.3. The molecule has 0 aliphatic carbocycles. The largest absolute Gasteiger partial charge is 0.481 e. The fourth-order valence-corrected chi connectivity index (χ4v) is 1.59. The van der Waals surface area contributed by atoms with Gasteiger partial charge in [-0.3, -0.25) is 4.79 Å². The zero-order valence-corrected chi connectivity index (χ0v) is 9.52. The molecule has 1 N–H and O–H groups in total. The van der Waals surface area contributed by atoms with E-state index in [9.17, 15) is 18.0 Å². The lowest BCUT2D eigenvalue weighted by atomic mass is 9.97. The van der Waals surface area contributed by atoms with Crippen molar-refractivity contribution in [1.29, 1.82) is 0 Å². The van der Waals surface area contributed by atoms with Gasteiger partial charge in [0, 0.05) is 0 Å². The second-order valence-electron chi connectivity index (χ2n) is 4.04. The molecule has 0 heterocycles. The molecular formula is C11H19F3O2. The molecule has 0 aliphatic rings. The fraction of sp³-hybridized carbons (Fsp3) is 0.909. The van der Waals surface area contributed by atoms with Gasteiger partial charge in [-0.05, 0) is 6.42 Å². The first-order chi connectivity index (χ1) is 7.38. The summed E-state index contributed by atoms with van der Waals surface area (Å²) in [7, 11) is 0. The summed E-state index contributed by atoms with van der Waals surface area (Å²) in [5, 5.41) is 8.39. The summed E-state index contributed by atoms with van der Waals surface area (Å²) in [5.74, 6) is -3.07. The molecule has 0 radical (unpaired) electrons. The van der Waals surface area contributed by atoms with Gasteiger partial charge >= 0.3 is 12.1 Å². The number of aliphatic carboxylic acids is 1. The average molecular weight is 240 g/mol. The van der Waals surface area contributed by atoms with E-state index in [0.29, 0.717) is 6.42 Å². The molecule has 1 atom stereocenters. The standard InChI is InChI=1S/C11H19F3O2/c1-2-3-4-5-6-7-9(8-10(15)16)11(12,13)14/h9H,2-8H2,1H3,(H,15,16). The van der Waals surface area contributed by atoms with Gasteiger partial charge in [0.25, 0.3) is 0 Å². The Hall–Kier alpha value is -0.740. The lowest BCUT2D eigenvalue weighted by Crippen LogP contribution is -2.25. The monoisotopic (exact) mass is 240 g/mol. The minimum atomic E-state index is -4.39. The van der Waals surface area contributed by atoms with E-state index in [1.807, 2.05) is 6.92 Å². The van der Waals surface area contributed by atoms with E-state index in [0.717, 1.165) is 25.7 Å². The van der Waals surface area contributed by atoms with E-state index in [1.165, 1.54) is 0 Å². The van der Waals surface area contributed by atoms with Crippen LogP contribution >= 0.6 is 0 Å². The van der Waals surface area contributed by atoms with Crippen LogP contribution in [0.4, 0.5) is 13.2 Å². The molecule has 0 saturated heterocycles. The van der Waals surface area contributed by atoms with Crippen LogP contribution in [-0.4, -0.2) is 17.3 Å². The molecule has 0 aromatic rings. The molecule has 0 amide bonds. The molecule has 2 nitrogen and oxygen atoms in total. The highest BCUT2D eigenvalue weighted by atomic mass is 19.4. The number of halogens is 3. The first-order valence-electron chi connectivity index (χ1n) is 5.66. The van der Waals surface area contributed by atoms with Crippen molar-refractivity contribution >= 4 is 5.97 Å². The molecular weight excluding hydrogens is 221 g/mol. The van der Waals surface area contributed by atoms with Crippen molar-refractivity contribution in [2.75, 3.05) is 0 Å². The number of hydrogen-bond donors (Lipinski definition) is 1. The van der Waals surface area contributed by atoms with Crippen LogP contribution in [0.1, 0.15) is 51.9 Å². The Morgan fingerprint density at radius 2 is 1.75 bits per heavy atom. The summed E-state index contributed by atoms with van der Waals surface area (Å²) >= 11 is 0. The third-order valence-electron chi connectivity index (χ3n) is 2.54. The predicted molar refractivity (Wildman–Crippen MR) is 55.2 cm³/mol. The minimum absolute atomic E-state index is 0.0699. The second kappa shape index (κ2) is 7.52. The number of rotatable bonds is 8. The third kappa shape index (κ3) is 7.54. The summed E-state index contributed by atoms with van der Waals surface area (Å²) in [4.78, 5) is 10.3. The van der Waals surface area contributed by atoms with Gasteiger partial charge in [0.15, 0.2) is 0 Å². The van der Waals surface area contributed by atoms with E-state index < -0.39 is 24.5 Å². The Balaban J connectivity index is 3.89. The summed E-state index contributed by atoms with van der Waals surface area (Å²) in [6, 6.07) is 0. The Morgan fingerprint density at radius 1 is 1.19 bits per heavy atom. The molecule has 1 unspecified atom stereocenters. The zero-order valence-electron chi connectivity index (χ0n) is 9.52. The average Bonchev–Trinajstić information content (AvgIpc) is 2.13. The van der Waals surface area contributed by atoms with E-state index in [4.69, 9.17) is 5.11 Å². The topological polar surface area (TPSA) is 37.3 Å². The highest BCUT2D eigenvalue weighted by molar-refractivity contribution is 5.67. The van der Waals surface area contributed by atoms with Crippen molar-refractivity contribution in [3.8, 4) is 0 Å². The molecule has 0 fully saturated rings. The SMILES string of the molecule is CCCCCCCC(CC(=O)O)C(F)(F)F. The summed E-state index contributed by atoms with van der Waals surface area (Å²) in [5.41, 5.74) is 0. The molecule has 0 bridgehead atoms. The first-order valence-corrected chi connectivity index (χ1v) is 5.66. The molecule has 0 spiro atoms. The van der Waals surface area contributed by atoms with Crippen LogP contribution in [0.25, 0.3) is 0 Å². The minimum Gasteiger partial charge on any atom is -0.481 e. The van der Waals surface area contributed by atoms with Crippen molar-refractivity contribution in [2.45, 2.75) is 58.0 Å². The Labute approximate surface area is 93.8 Å². The smallest absolute Gasteiger partial charge is 0.392 e. The number of carboxylic acids is 1. The molecule has 96 valence electrons. The molecule has 0 saturated carbocycles. The van der Waals surface area contributed by atoms with Crippen molar-refractivity contribution < 1.29 is 23.1 Å². The molecule has 0 aromatic heterocycles. The molecule has 5 heteroatoms. The van der Waals surface area contributed by atoms with E-state index >= 15 is 0 Å². The van der Waals surface area contributed by atoms with Gasteiger partial charge < -0.3 is 5.11 Å². The van der Waals surface area contributed by atoms with E-state index in [2.05, 4.69) is 0 Å². The van der Waals surface area contributed by atoms with Crippen LogP contribution in [0.2, 0.25) is 0 Å². The maximum Gasteiger partial charge on any atom is 0.392 e. The van der Waals surface area contributed by atoms with E-state index in [-0.39, 0.29) is 6.42 Å². The lowest BCUT2D eigenvalue weighted by molar-refractivity contribution is -0.184. The third-order valence-corrected chi connectivity index (χ3v) is 2.54. The second-order valence-corrected chi connectivity index (χ2v) is 4.04. The maximum absolute atomic E-state index is 12.4. The molecule has 0 rings (SSSR count). The number of carbonyl (C=O) groups is 1. The molecule has 16 heavy (non-hydrogen) atoms. The van der Waals surface area contributed by atoms with Crippen molar-refractivity contribution in [1.82, 2.24) is 0 Å². The normalized spacial score (nSPS) is 13.8. The van der Waals surface area contributed by atoms with Gasteiger partial charge in [-0.1, -0.05) is 39.0 Å². The van der Waals surface area contributed by atoms with Crippen LogP contribution < -0.4 is 0 Å². The number of carboxylic acid groups (broad SMARTS) is 1. The van der Waals surface area contributed by atoms with Gasteiger partial charge in [0.1, 0.15) is 0 Å². The van der Waals surface area contributed by atoms with Gasteiger partial charge in [-0.15, -0.1) is 0 Å². The van der Waals surface area contributed by atoms with Crippen LogP contribution in [0, 0.1) is 5.92 Å². The summed E-state index contributed by atoms with van der Waals surface area (Å²) < 4.78 is 37.2. The Morgan fingerprint density at radius 3 is 2.19 bits per heavy atom. The van der Waals surface area contributed by atoms with Crippen LogP contribution in [-0.2, 0) is 4.79 Å². The van der Waals surface area contributed by atoms with Crippen LogP contribution in [0.5, 0.6) is 0 Å². The summed E-state index contributed by atoms with van der Waals surface area (Å²) in [6.45, 7) is 2.03. The highest BCUT2D eigenvalue weighted by Gasteiger charge is 2.40. The summed E-state index contributed by atoms with van der Waals surface area (Å²) in [6.07, 6.45) is -1.07. The van der Waals surface area contributed by atoms with Crippen LogP contribution in [0.3, 0.4) is 0 Å². The number of unbranched alkanes of at least 4 members (excludes halogenated alkanes) is 4. The van der Waals surface area contributed by atoms with Gasteiger partial charge in [0.2, 0.25) is 0 Å². The van der Waals surface area contributed by atoms with E-state index in [1.54, 1.807) is 0 Å². The van der Waals surface area contributed by atoms with Gasteiger partial charge in [0.05, 0.1) is 12.3 Å². The predicted octanol–water partition coefficient (Wildman–Crippen LogP) is 4.00. The Kier molecular flexibility index (Phi) is 7.17. The highest BCUT2D eigenvalue weighted by Crippen LogP contribution is 2.32. The molecule has 0 aliphatic heterocycles. The number of alkyl halides is 3. The zero-order chi connectivity index (χ0) is 12.6. The van der Waals surface area contributed by atoms with Crippen LogP contribution in [0.15, 0.2) is 0 Å². The lowest BCUT2D eigenvalue weighted by Gasteiger charge is -2.18. The fourth-order valence-electron chi connectivity index (χ4n) is 1.59. The number of hydrogen-bond acceptors (Lipinski definition) is 1. The van der Waals surface area contributed by atoms with Crippen molar-refractivity contribution in [3.05, 3.63) is 0 Å². The van der Waals surface area contributed by atoms with Crippen molar-refractivity contribution in [3.63, 3.8) is 0 Å². The quantitative estimate of drug-likeness (QED) is 0.651. The van der Waals surface area contributed by atoms with Gasteiger partial charge in [-0.25, -0.2) is 0 Å². The van der Waals surface area contributed by atoms with Gasteiger partial charge in [-0.2, -0.15) is 13.2 Å².